The molecule has 1 unspecified atom stereocenters. The van der Waals surface area contributed by atoms with E-state index in [1.165, 1.54) is 9.79 Å². The van der Waals surface area contributed by atoms with Gasteiger partial charge in [0.05, 0.1) is 4.58 Å². The van der Waals surface area contributed by atoms with Crippen molar-refractivity contribution in [3.8, 4) is 0 Å². The molecule has 1 aromatic carbocycles. The van der Waals surface area contributed by atoms with Crippen LogP contribution in [0.15, 0.2) is 64.6 Å². The fraction of sp³-hybridized carbons (Fsp3) is 0.154. The summed E-state index contributed by atoms with van der Waals surface area (Å²) in [4.78, 5) is 6.60. The second kappa shape index (κ2) is 5.97. The molecule has 1 aromatic heterocycles. The molecule has 82 valence electrons. The van der Waals surface area contributed by atoms with Crippen molar-refractivity contribution in [2.45, 2.75) is 21.3 Å². The predicted octanol–water partition coefficient (Wildman–Crippen LogP) is 4.31. The topological polar surface area (TPSA) is 12.9 Å². The number of hydrogen-bond acceptors (Lipinski definition) is 3. The van der Waals surface area contributed by atoms with Crippen molar-refractivity contribution in [1.29, 1.82) is 0 Å². The lowest BCUT2D eigenvalue weighted by Gasteiger charge is -2.10. The molecule has 0 saturated heterocycles. The van der Waals surface area contributed by atoms with Gasteiger partial charge in [-0.1, -0.05) is 18.2 Å². The molecule has 2 aromatic rings. The van der Waals surface area contributed by atoms with Gasteiger partial charge in [-0.25, -0.2) is 0 Å². The van der Waals surface area contributed by atoms with E-state index in [1.807, 2.05) is 54.1 Å². The quantitative estimate of drug-likeness (QED) is 0.590. The van der Waals surface area contributed by atoms with Crippen LogP contribution in [0, 0.1) is 0 Å². The zero-order chi connectivity index (χ0) is 11.2. The van der Waals surface area contributed by atoms with Crippen LogP contribution in [0.25, 0.3) is 0 Å². The Morgan fingerprint density at radius 3 is 2.06 bits per heavy atom. The SMILES string of the molecule is CC(Sc1ccccc1)Sc1ccncc1. The highest BCUT2D eigenvalue weighted by atomic mass is 32.2. The first-order valence-corrected chi connectivity index (χ1v) is 6.89. The maximum absolute atomic E-state index is 4.02. The minimum absolute atomic E-state index is 0.504. The molecular formula is C13H13NS2. The number of thioether (sulfide) groups is 2. The van der Waals surface area contributed by atoms with Gasteiger partial charge >= 0.3 is 0 Å². The van der Waals surface area contributed by atoms with Gasteiger partial charge in [0.1, 0.15) is 0 Å². The van der Waals surface area contributed by atoms with Gasteiger partial charge in [-0.3, -0.25) is 4.98 Å². The van der Waals surface area contributed by atoms with Crippen LogP contribution in [-0.4, -0.2) is 9.57 Å². The molecule has 3 heteroatoms. The summed E-state index contributed by atoms with van der Waals surface area (Å²) in [5.74, 6) is 0. The largest absolute Gasteiger partial charge is 0.265 e. The van der Waals surface area contributed by atoms with Crippen molar-refractivity contribution in [1.82, 2.24) is 4.98 Å². The molecule has 16 heavy (non-hydrogen) atoms. The van der Waals surface area contributed by atoms with Crippen LogP contribution in [0.2, 0.25) is 0 Å². The van der Waals surface area contributed by atoms with Gasteiger partial charge < -0.3 is 0 Å². The van der Waals surface area contributed by atoms with E-state index in [4.69, 9.17) is 0 Å². The molecule has 1 nitrogen and oxygen atoms in total. The molecule has 0 fully saturated rings. The smallest absolute Gasteiger partial charge is 0.0568 e. The van der Waals surface area contributed by atoms with E-state index < -0.39 is 0 Å². The van der Waals surface area contributed by atoms with Crippen LogP contribution in [-0.2, 0) is 0 Å². The van der Waals surface area contributed by atoms with Crippen molar-refractivity contribution in [3.63, 3.8) is 0 Å². The Hall–Kier alpha value is -0.930. The van der Waals surface area contributed by atoms with Crippen LogP contribution in [0.4, 0.5) is 0 Å². The first kappa shape index (κ1) is 11.6. The molecule has 0 aliphatic rings. The van der Waals surface area contributed by atoms with Crippen molar-refractivity contribution in [2.24, 2.45) is 0 Å². The summed E-state index contributed by atoms with van der Waals surface area (Å²) in [5.41, 5.74) is 0. The zero-order valence-corrected chi connectivity index (χ0v) is 10.7. The summed E-state index contributed by atoms with van der Waals surface area (Å²) in [6.07, 6.45) is 3.67. The number of pyridine rings is 1. The lowest BCUT2D eigenvalue weighted by Crippen LogP contribution is -1.88. The van der Waals surface area contributed by atoms with Crippen LogP contribution in [0.5, 0.6) is 0 Å². The second-order valence-corrected chi connectivity index (χ2v) is 6.43. The highest BCUT2D eigenvalue weighted by Gasteiger charge is 2.05. The molecule has 0 aliphatic heterocycles. The summed E-state index contributed by atoms with van der Waals surface area (Å²) in [6.45, 7) is 2.22. The fourth-order valence-corrected chi connectivity index (χ4v) is 3.54. The third-order valence-corrected chi connectivity index (χ3v) is 4.33. The molecule has 1 heterocycles. The van der Waals surface area contributed by atoms with E-state index in [0.717, 1.165) is 0 Å². The summed E-state index contributed by atoms with van der Waals surface area (Å²) in [6, 6.07) is 14.6. The Morgan fingerprint density at radius 2 is 1.44 bits per heavy atom. The summed E-state index contributed by atoms with van der Waals surface area (Å²) >= 11 is 3.74. The third kappa shape index (κ3) is 3.58. The Balaban J connectivity index is 1.92. The molecule has 0 N–H and O–H groups in total. The molecule has 0 radical (unpaired) electrons. The van der Waals surface area contributed by atoms with Crippen LogP contribution in [0.1, 0.15) is 6.92 Å². The maximum Gasteiger partial charge on any atom is 0.0568 e. The number of aromatic nitrogens is 1. The van der Waals surface area contributed by atoms with Crippen LogP contribution in [0.3, 0.4) is 0 Å². The molecule has 2 rings (SSSR count). The van der Waals surface area contributed by atoms with Gasteiger partial charge in [-0.05, 0) is 31.2 Å². The molecule has 0 saturated carbocycles. The molecule has 0 amide bonds. The summed E-state index contributed by atoms with van der Waals surface area (Å²) in [7, 11) is 0. The standard InChI is InChI=1S/C13H13NS2/c1-11(15-12-5-3-2-4-6-12)16-13-7-9-14-10-8-13/h2-11H,1H3. The van der Waals surface area contributed by atoms with E-state index in [0.29, 0.717) is 4.58 Å². The molecule has 1 atom stereocenters. The number of hydrogen-bond donors (Lipinski definition) is 0. The Kier molecular flexibility index (Phi) is 4.31. The Morgan fingerprint density at radius 1 is 0.875 bits per heavy atom. The highest BCUT2D eigenvalue weighted by molar-refractivity contribution is 8.17. The van der Waals surface area contributed by atoms with E-state index in [9.17, 15) is 0 Å². The molecular weight excluding hydrogens is 234 g/mol. The normalized spacial score (nSPS) is 12.3. The van der Waals surface area contributed by atoms with E-state index >= 15 is 0 Å². The van der Waals surface area contributed by atoms with E-state index in [2.05, 4.69) is 36.2 Å². The van der Waals surface area contributed by atoms with Gasteiger partial charge in [-0.15, -0.1) is 23.5 Å². The van der Waals surface area contributed by atoms with Gasteiger partial charge in [0, 0.05) is 22.2 Å². The van der Waals surface area contributed by atoms with Crippen molar-refractivity contribution >= 4 is 23.5 Å². The van der Waals surface area contributed by atoms with Crippen molar-refractivity contribution in [3.05, 3.63) is 54.9 Å². The Bertz CT molecular complexity index is 375. The van der Waals surface area contributed by atoms with Crippen molar-refractivity contribution < 1.29 is 0 Å². The van der Waals surface area contributed by atoms with Crippen LogP contribution >= 0.6 is 23.5 Å². The number of nitrogens with zero attached hydrogens (tertiary/aromatic N) is 1. The predicted molar refractivity (Wildman–Crippen MR) is 71.9 cm³/mol. The second-order valence-electron chi connectivity index (χ2n) is 3.30. The fourth-order valence-electron chi connectivity index (χ4n) is 1.32. The first-order valence-electron chi connectivity index (χ1n) is 5.13. The highest BCUT2D eigenvalue weighted by Crippen LogP contribution is 2.34. The summed E-state index contributed by atoms with van der Waals surface area (Å²) in [5, 5.41) is 0. The lowest BCUT2D eigenvalue weighted by molar-refractivity contribution is 1.25. The molecule has 0 spiro atoms. The minimum Gasteiger partial charge on any atom is -0.265 e. The van der Waals surface area contributed by atoms with E-state index in [1.54, 1.807) is 0 Å². The third-order valence-electron chi connectivity index (χ3n) is 2.00. The molecule has 0 bridgehead atoms. The zero-order valence-electron chi connectivity index (χ0n) is 9.04. The number of rotatable bonds is 4. The van der Waals surface area contributed by atoms with Crippen molar-refractivity contribution in [2.75, 3.05) is 0 Å². The maximum atomic E-state index is 4.02. The van der Waals surface area contributed by atoms with Gasteiger partial charge in [0.25, 0.3) is 0 Å². The average Bonchev–Trinajstić information content (AvgIpc) is 2.31. The van der Waals surface area contributed by atoms with Gasteiger partial charge in [0.2, 0.25) is 0 Å². The van der Waals surface area contributed by atoms with E-state index in [-0.39, 0.29) is 0 Å². The van der Waals surface area contributed by atoms with Gasteiger partial charge in [0.15, 0.2) is 0 Å². The first-order chi connectivity index (χ1) is 7.84. The summed E-state index contributed by atoms with van der Waals surface area (Å²) < 4.78 is 0.504. The van der Waals surface area contributed by atoms with Crippen LogP contribution < -0.4 is 0 Å². The minimum atomic E-state index is 0.504. The number of benzene rings is 1. The average molecular weight is 247 g/mol. The Labute approximate surface area is 105 Å². The molecule has 0 aliphatic carbocycles. The lowest BCUT2D eigenvalue weighted by atomic mass is 10.4. The van der Waals surface area contributed by atoms with Gasteiger partial charge in [-0.2, -0.15) is 0 Å². The monoisotopic (exact) mass is 247 g/mol.